The number of nitrogens with one attached hydrogen (secondary N) is 1. The summed E-state index contributed by atoms with van der Waals surface area (Å²) in [5.41, 5.74) is 3.19. The molecular weight excluding hydrogens is 334 g/mol. The Morgan fingerprint density at radius 2 is 1.85 bits per heavy atom. The van der Waals surface area contributed by atoms with E-state index in [1.165, 1.54) is 12.8 Å². The summed E-state index contributed by atoms with van der Waals surface area (Å²) in [6, 6.07) is 16.3. The average Bonchev–Trinajstić information content (AvgIpc) is 2.74. The van der Waals surface area contributed by atoms with Gasteiger partial charge in [0.25, 0.3) is 0 Å². The van der Waals surface area contributed by atoms with Gasteiger partial charge in [-0.1, -0.05) is 43.3 Å². The average molecular weight is 359 g/mol. The second kappa shape index (κ2) is 8.16. The molecule has 0 saturated carbocycles. The van der Waals surface area contributed by atoms with E-state index in [1.54, 1.807) is 6.20 Å². The van der Waals surface area contributed by atoms with Gasteiger partial charge >= 0.3 is 0 Å². The van der Waals surface area contributed by atoms with E-state index in [-0.39, 0.29) is 0 Å². The van der Waals surface area contributed by atoms with E-state index in [1.807, 2.05) is 36.5 Å². The first-order valence-electron chi connectivity index (χ1n) is 9.60. The molecule has 5 nitrogen and oxygen atoms in total. The third-order valence-corrected chi connectivity index (χ3v) is 5.05. The Hall–Kier alpha value is -2.95. The number of hydrogen-bond acceptors (Lipinski definition) is 5. The quantitative estimate of drug-likeness (QED) is 0.732. The standard InChI is InChI=1S/C22H25N5/c1-17-9-12-27(13-10-17)22-25-20(19-7-3-2-4-8-19)14-21(26-22)24-16-18-6-5-11-23-15-18/h2-8,11,14-15,17H,9-10,12-13,16H2,1H3,(H,24,25,26). The lowest BCUT2D eigenvalue weighted by Gasteiger charge is -2.30. The summed E-state index contributed by atoms with van der Waals surface area (Å²) in [5, 5.41) is 3.44. The van der Waals surface area contributed by atoms with Crippen LogP contribution in [0.25, 0.3) is 11.3 Å². The number of aromatic nitrogens is 3. The van der Waals surface area contributed by atoms with Crippen molar-refractivity contribution in [3.05, 3.63) is 66.5 Å². The van der Waals surface area contributed by atoms with Crippen molar-refractivity contribution in [2.24, 2.45) is 5.92 Å². The summed E-state index contributed by atoms with van der Waals surface area (Å²) < 4.78 is 0. The molecule has 1 aliphatic rings. The van der Waals surface area contributed by atoms with Gasteiger partial charge < -0.3 is 10.2 Å². The van der Waals surface area contributed by atoms with Crippen molar-refractivity contribution in [3.8, 4) is 11.3 Å². The normalized spacial score (nSPS) is 14.9. The lowest BCUT2D eigenvalue weighted by atomic mass is 10.00. The third kappa shape index (κ3) is 4.42. The number of anilines is 2. The summed E-state index contributed by atoms with van der Waals surface area (Å²) in [6.07, 6.45) is 6.05. The first kappa shape index (κ1) is 17.5. The van der Waals surface area contributed by atoms with Crippen molar-refractivity contribution in [2.75, 3.05) is 23.3 Å². The Balaban J connectivity index is 1.62. The van der Waals surface area contributed by atoms with Crippen LogP contribution in [0.2, 0.25) is 0 Å². The van der Waals surface area contributed by atoms with E-state index in [0.29, 0.717) is 6.54 Å². The van der Waals surface area contributed by atoms with Gasteiger partial charge in [-0.15, -0.1) is 0 Å². The van der Waals surface area contributed by atoms with Gasteiger partial charge in [0, 0.05) is 43.7 Å². The van der Waals surface area contributed by atoms with Crippen molar-refractivity contribution in [1.29, 1.82) is 0 Å². The maximum absolute atomic E-state index is 4.87. The molecule has 0 aliphatic carbocycles. The highest BCUT2D eigenvalue weighted by Gasteiger charge is 2.19. The lowest BCUT2D eigenvalue weighted by Crippen LogP contribution is -2.34. The minimum absolute atomic E-state index is 0.690. The van der Waals surface area contributed by atoms with E-state index in [0.717, 1.165) is 47.6 Å². The molecule has 0 unspecified atom stereocenters. The third-order valence-electron chi connectivity index (χ3n) is 5.05. The second-order valence-corrected chi connectivity index (χ2v) is 7.19. The molecule has 3 aromatic rings. The smallest absolute Gasteiger partial charge is 0.227 e. The Bertz CT molecular complexity index is 858. The number of rotatable bonds is 5. The molecule has 1 fully saturated rings. The molecule has 2 aromatic heterocycles. The Kier molecular flexibility index (Phi) is 5.28. The van der Waals surface area contributed by atoms with Crippen LogP contribution in [0.15, 0.2) is 60.9 Å². The number of pyridine rings is 1. The van der Waals surface area contributed by atoms with Crippen LogP contribution in [0.3, 0.4) is 0 Å². The molecule has 138 valence electrons. The number of hydrogen-bond donors (Lipinski definition) is 1. The van der Waals surface area contributed by atoms with Crippen LogP contribution in [0, 0.1) is 5.92 Å². The molecule has 1 saturated heterocycles. The van der Waals surface area contributed by atoms with Gasteiger partial charge in [0.05, 0.1) is 5.69 Å². The van der Waals surface area contributed by atoms with Crippen molar-refractivity contribution < 1.29 is 0 Å². The molecule has 0 radical (unpaired) electrons. The summed E-state index contributed by atoms with van der Waals surface area (Å²) in [7, 11) is 0. The molecule has 3 heterocycles. The maximum atomic E-state index is 4.87. The SMILES string of the molecule is CC1CCN(c2nc(NCc3cccnc3)cc(-c3ccccc3)n2)CC1. The van der Waals surface area contributed by atoms with E-state index < -0.39 is 0 Å². The molecule has 1 N–H and O–H groups in total. The zero-order valence-corrected chi connectivity index (χ0v) is 15.7. The highest BCUT2D eigenvalue weighted by molar-refractivity contribution is 5.64. The molecule has 1 aliphatic heterocycles. The fourth-order valence-electron chi connectivity index (χ4n) is 3.33. The van der Waals surface area contributed by atoms with Crippen LogP contribution in [0.5, 0.6) is 0 Å². The molecule has 0 bridgehead atoms. The highest BCUT2D eigenvalue weighted by atomic mass is 15.3. The molecule has 1 aromatic carbocycles. The van der Waals surface area contributed by atoms with Gasteiger partial charge in [0.1, 0.15) is 5.82 Å². The van der Waals surface area contributed by atoms with Crippen LogP contribution >= 0.6 is 0 Å². The Morgan fingerprint density at radius 3 is 2.59 bits per heavy atom. The van der Waals surface area contributed by atoms with Gasteiger partial charge in [0.2, 0.25) is 5.95 Å². The minimum atomic E-state index is 0.690. The van der Waals surface area contributed by atoms with Crippen LogP contribution in [-0.4, -0.2) is 28.0 Å². The minimum Gasteiger partial charge on any atom is -0.366 e. The fraction of sp³-hybridized carbons (Fsp3) is 0.318. The molecule has 0 spiro atoms. The van der Waals surface area contributed by atoms with E-state index in [9.17, 15) is 0 Å². The van der Waals surface area contributed by atoms with Crippen LogP contribution in [0.1, 0.15) is 25.3 Å². The van der Waals surface area contributed by atoms with E-state index in [4.69, 9.17) is 9.97 Å². The second-order valence-electron chi connectivity index (χ2n) is 7.19. The Labute approximate surface area is 160 Å². The lowest BCUT2D eigenvalue weighted by molar-refractivity contribution is 0.434. The summed E-state index contributed by atoms with van der Waals surface area (Å²) in [5.74, 6) is 2.44. The first-order chi connectivity index (χ1) is 13.3. The van der Waals surface area contributed by atoms with Crippen LogP contribution in [0.4, 0.5) is 11.8 Å². The molecule has 27 heavy (non-hydrogen) atoms. The number of benzene rings is 1. The van der Waals surface area contributed by atoms with Gasteiger partial charge in [-0.2, -0.15) is 4.98 Å². The maximum Gasteiger partial charge on any atom is 0.227 e. The zero-order chi connectivity index (χ0) is 18.5. The molecule has 0 atom stereocenters. The number of nitrogens with zero attached hydrogens (tertiary/aromatic N) is 4. The van der Waals surface area contributed by atoms with Crippen molar-refractivity contribution in [3.63, 3.8) is 0 Å². The predicted molar refractivity (Wildman–Crippen MR) is 110 cm³/mol. The molecular formula is C22H25N5. The van der Waals surface area contributed by atoms with Crippen molar-refractivity contribution >= 4 is 11.8 Å². The highest BCUT2D eigenvalue weighted by Crippen LogP contribution is 2.26. The van der Waals surface area contributed by atoms with E-state index in [2.05, 4.69) is 40.3 Å². The molecule has 4 rings (SSSR count). The summed E-state index contributed by atoms with van der Waals surface area (Å²) in [6.45, 7) is 5.04. The van der Waals surface area contributed by atoms with Gasteiger partial charge in [-0.05, 0) is 30.4 Å². The number of piperidine rings is 1. The first-order valence-corrected chi connectivity index (χ1v) is 9.60. The van der Waals surface area contributed by atoms with Crippen LogP contribution < -0.4 is 10.2 Å². The fourth-order valence-corrected chi connectivity index (χ4v) is 3.33. The predicted octanol–water partition coefficient (Wildman–Crippen LogP) is 4.39. The Morgan fingerprint density at radius 1 is 1.04 bits per heavy atom. The molecule has 0 amide bonds. The monoisotopic (exact) mass is 359 g/mol. The van der Waals surface area contributed by atoms with Gasteiger partial charge in [0.15, 0.2) is 0 Å². The topological polar surface area (TPSA) is 53.9 Å². The van der Waals surface area contributed by atoms with Gasteiger partial charge in [-0.3, -0.25) is 4.98 Å². The van der Waals surface area contributed by atoms with Crippen molar-refractivity contribution in [2.45, 2.75) is 26.3 Å². The summed E-state index contributed by atoms with van der Waals surface area (Å²) >= 11 is 0. The zero-order valence-electron chi connectivity index (χ0n) is 15.7. The largest absolute Gasteiger partial charge is 0.366 e. The van der Waals surface area contributed by atoms with Gasteiger partial charge in [-0.25, -0.2) is 4.98 Å². The molecule has 5 heteroatoms. The summed E-state index contributed by atoms with van der Waals surface area (Å²) in [4.78, 5) is 16.2. The van der Waals surface area contributed by atoms with Crippen LogP contribution in [-0.2, 0) is 6.54 Å². The van der Waals surface area contributed by atoms with Crippen molar-refractivity contribution in [1.82, 2.24) is 15.0 Å². The van der Waals surface area contributed by atoms with E-state index >= 15 is 0 Å².